The molecule has 4 N–H and O–H groups in total. The Kier molecular flexibility index (Phi) is 8.69. The van der Waals surface area contributed by atoms with Crippen molar-refractivity contribution in [3.05, 3.63) is 98.2 Å². The van der Waals surface area contributed by atoms with Gasteiger partial charge in [0.2, 0.25) is 10.0 Å². The molecule has 0 saturated carbocycles. The summed E-state index contributed by atoms with van der Waals surface area (Å²) in [4.78, 5) is 36.1. The minimum Gasteiger partial charge on any atom is -0.481 e. The fraction of sp³-hybridized carbons (Fsp3) is 0.267. The third-order valence-electron chi connectivity index (χ3n) is 7.33. The van der Waals surface area contributed by atoms with Crippen LogP contribution in [0, 0.1) is 34.6 Å². The highest BCUT2D eigenvalue weighted by atomic mass is 32.2. The number of nitrogens with zero attached hydrogens (tertiary/aromatic N) is 2. The number of benzene rings is 2. The van der Waals surface area contributed by atoms with Crippen LogP contribution in [0.3, 0.4) is 0 Å². The molecule has 0 unspecified atom stereocenters. The second-order valence-corrected chi connectivity index (χ2v) is 11.6. The molecule has 0 amide bonds. The van der Waals surface area contributed by atoms with Gasteiger partial charge in [0.25, 0.3) is 5.56 Å². The monoisotopic (exact) mass is 575 g/mol. The summed E-state index contributed by atoms with van der Waals surface area (Å²) in [6.45, 7) is 9.63. The third-order valence-corrected chi connectivity index (χ3v) is 9.07. The predicted octanol–water partition coefficient (Wildman–Crippen LogP) is 4.48. The highest BCUT2D eigenvalue weighted by molar-refractivity contribution is 7.89. The van der Waals surface area contributed by atoms with Gasteiger partial charge in [-0.1, -0.05) is 24.3 Å². The third kappa shape index (κ3) is 6.53. The highest BCUT2D eigenvalue weighted by Crippen LogP contribution is 2.30. The van der Waals surface area contributed by atoms with Crippen molar-refractivity contribution in [1.82, 2.24) is 19.7 Å². The Morgan fingerprint density at radius 2 is 1.71 bits per heavy atom. The number of aromatic amines is 1. The van der Waals surface area contributed by atoms with E-state index >= 15 is 0 Å². The zero-order valence-electron chi connectivity index (χ0n) is 23.6. The van der Waals surface area contributed by atoms with Gasteiger partial charge in [0.1, 0.15) is 11.6 Å². The SMILES string of the molecule is Cc1c(C)c(C)c(S(=O)(=O)N[C@H](CC(=O)O)c2nc3ccc(C=CCNc4ccccn4)cc3c(=O)[nH]2)c(C)c1C. The van der Waals surface area contributed by atoms with E-state index in [-0.39, 0.29) is 10.7 Å². The summed E-state index contributed by atoms with van der Waals surface area (Å²) >= 11 is 0. The van der Waals surface area contributed by atoms with Crippen molar-refractivity contribution in [2.45, 2.75) is 52.0 Å². The summed E-state index contributed by atoms with van der Waals surface area (Å²) in [5.74, 6) is -0.578. The maximum atomic E-state index is 13.6. The number of carboxylic acids is 1. The van der Waals surface area contributed by atoms with E-state index in [1.165, 1.54) is 0 Å². The van der Waals surface area contributed by atoms with Crippen LogP contribution < -0.4 is 15.6 Å². The Hall–Kier alpha value is -4.35. The summed E-state index contributed by atoms with van der Waals surface area (Å²) in [6, 6.07) is 9.36. The Bertz CT molecular complexity index is 1790. The van der Waals surface area contributed by atoms with Gasteiger partial charge in [-0.05, 0) is 92.3 Å². The van der Waals surface area contributed by atoms with E-state index in [0.29, 0.717) is 28.6 Å². The maximum absolute atomic E-state index is 13.6. The van der Waals surface area contributed by atoms with Crippen molar-refractivity contribution in [3.63, 3.8) is 0 Å². The lowest BCUT2D eigenvalue weighted by Crippen LogP contribution is -2.33. The molecule has 0 radical (unpaired) electrons. The lowest BCUT2D eigenvalue weighted by molar-refractivity contribution is -0.137. The van der Waals surface area contributed by atoms with E-state index in [4.69, 9.17) is 0 Å². The van der Waals surface area contributed by atoms with Crippen molar-refractivity contribution >= 4 is 38.8 Å². The smallest absolute Gasteiger partial charge is 0.305 e. The number of rotatable bonds is 10. The van der Waals surface area contributed by atoms with Gasteiger partial charge in [-0.25, -0.2) is 18.4 Å². The number of H-pyrrole nitrogens is 1. The van der Waals surface area contributed by atoms with Crippen molar-refractivity contribution in [1.29, 1.82) is 0 Å². The molecule has 41 heavy (non-hydrogen) atoms. The van der Waals surface area contributed by atoms with Gasteiger partial charge in [0.15, 0.2) is 0 Å². The minimum absolute atomic E-state index is 0.0767. The first kappa shape index (κ1) is 29.6. The molecule has 0 aliphatic rings. The summed E-state index contributed by atoms with van der Waals surface area (Å²) in [5, 5.41) is 13.0. The second kappa shape index (κ2) is 12.0. The van der Waals surface area contributed by atoms with Crippen molar-refractivity contribution in [2.75, 3.05) is 11.9 Å². The summed E-state index contributed by atoms with van der Waals surface area (Å²) in [5.41, 5.74) is 4.44. The number of aliphatic carboxylic acids is 1. The van der Waals surface area contributed by atoms with Gasteiger partial charge < -0.3 is 15.4 Å². The molecule has 4 aromatic rings. The van der Waals surface area contributed by atoms with Gasteiger partial charge in [-0.2, -0.15) is 4.72 Å². The van der Waals surface area contributed by atoms with Gasteiger partial charge in [-0.15, -0.1) is 0 Å². The number of carboxylic acid groups (broad SMARTS) is 1. The van der Waals surface area contributed by atoms with Gasteiger partial charge in [0.05, 0.1) is 28.3 Å². The van der Waals surface area contributed by atoms with Crippen LogP contribution in [0.2, 0.25) is 0 Å². The van der Waals surface area contributed by atoms with Gasteiger partial charge in [-0.3, -0.25) is 9.59 Å². The molecule has 4 rings (SSSR count). The first-order valence-corrected chi connectivity index (χ1v) is 14.5. The first-order chi connectivity index (χ1) is 19.4. The predicted molar refractivity (Wildman–Crippen MR) is 160 cm³/mol. The fourth-order valence-corrected chi connectivity index (χ4v) is 6.55. The highest BCUT2D eigenvalue weighted by Gasteiger charge is 2.29. The Morgan fingerprint density at radius 3 is 2.34 bits per heavy atom. The van der Waals surface area contributed by atoms with E-state index in [9.17, 15) is 23.1 Å². The van der Waals surface area contributed by atoms with E-state index in [1.807, 2.05) is 51.1 Å². The zero-order valence-corrected chi connectivity index (χ0v) is 24.4. The topological polar surface area (TPSA) is 154 Å². The van der Waals surface area contributed by atoms with Crippen LogP contribution in [-0.2, 0) is 14.8 Å². The molecular weight excluding hydrogens is 542 g/mol. The summed E-state index contributed by atoms with van der Waals surface area (Å²) < 4.78 is 29.7. The Morgan fingerprint density at radius 1 is 1.02 bits per heavy atom. The Labute approximate surface area is 238 Å². The average molecular weight is 576 g/mol. The van der Waals surface area contributed by atoms with Crippen molar-refractivity contribution < 1.29 is 18.3 Å². The minimum atomic E-state index is -4.18. The van der Waals surface area contributed by atoms with E-state index in [1.54, 1.807) is 38.2 Å². The zero-order chi connectivity index (χ0) is 29.9. The molecule has 1 atom stereocenters. The molecule has 0 spiro atoms. The molecule has 0 saturated heterocycles. The number of carbonyl (C=O) groups is 1. The number of pyridine rings is 1. The lowest BCUT2D eigenvalue weighted by Gasteiger charge is -2.22. The van der Waals surface area contributed by atoms with Crippen LogP contribution in [0.4, 0.5) is 5.82 Å². The molecular formula is C30H33N5O5S. The molecule has 0 aliphatic heterocycles. The maximum Gasteiger partial charge on any atom is 0.305 e. The number of fused-ring (bicyclic) bond motifs is 1. The number of hydrogen-bond donors (Lipinski definition) is 4. The summed E-state index contributed by atoms with van der Waals surface area (Å²) in [7, 11) is -4.18. The van der Waals surface area contributed by atoms with Crippen LogP contribution in [0.5, 0.6) is 0 Å². The quantitative estimate of drug-likeness (QED) is 0.216. The molecule has 10 nitrogen and oxygen atoms in total. The molecule has 11 heteroatoms. The average Bonchev–Trinajstić information content (AvgIpc) is 2.93. The van der Waals surface area contributed by atoms with Gasteiger partial charge >= 0.3 is 5.97 Å². The number of sulfonamides is 1. The van der Waals surface area contributed by atoms with Crippen LogP contribution in [0.15, 0.2) is 58.4 Å². The summed E-state index contributed by atoms with van der Waals surface area (Å²) in [6.07, 6.45) is 4.82. The number of anilines is 1. The molecule has 2 aromatic heterocycles. The van der Waals surface area contributed by atoms with Gasteiger partial charge in [0, 0.05) is 12.7 Å². The number of nitrogens with one attached hydrogen (secondary N) is 3. The van der Waals surface area contributed by atoms with Crippen molar-refractivity contribution in [2.24, 2.45) is 0 Å². The van der Waals surface area contributed by atoms with Crippen LogP contribution >= 0.6 is 0 Å². The standard InChI is InChI=1S/C30H33N5O5S/c1-17-18(2)20(4)28(21(5)19(17)3)41(39,40)35-25(16-27(36)37)29-33-24-12-11-22(15-23(24)30(38)34-29)9-8-14-32-26-10-6-7-13-31-26/h6-13,15,25,35H,14,16H2,1-5H3,(H,31,32)(H,36,37)(H,33,34,38)/t25-/m1/s1. The molecule has 0 aliphatic carbocycles. The first-order valence-electron chi connectivity index (χ1n) is 13.1. The lowest BCUT2D eigenvalue weighted by atomic mass is 9.95. The largest absolute Gasteiger partial charge is 0.481 e. The van der Waals surface area contributed by atoms with Crippen molar-refractivity contribution in [3.8, 4) is 0 Å². The van der Waals surface area contributed by atoms with Crippen LogP contribution in [0.25, 0.3) is 17.0 Å². The molecule has 2 aromatic carbocycles. The van der Waals surface area contributed by atoms with E-state index in [0.717, 1.165) is 28.1 Å². The molecule has 0 fully saturated rings. The molecule has 2 heterocycles. The Balaban J connectivity index is 1.64. The number of hydrogen-bond acceptors (Lipinski definition) is 7. The molecule has 214 valence electrons. The van der Waals surface area contributed by atoms with E-state index in [2.05, 4.69) is 25.0 Å². The number of aromatic nitrogens is 3. The van der Waals surface area contributed by atoms with Crippen LogP contribution in [0.1, 0.15) is 51.7 Å². The van der Waals surface area contributed by atoms with Crippen LogP contribution in [-0.4, -0.2) is 41.0 Å². The molecule has 0 bridgehead atoms. The second-order valence-electron chi connectivity index (χ2n) is 9.95. The fourth-order valence-electron chi connectivity index (χ4n) is 4.75. The normalized spacial score (nSPS) is 12.6. The van der Waals surface area contributed by atoms with E-state index < -0.39 is 34.0 Å².